The maximum absolute atomic E-state index is 11.5. The highest BCUT2D eigenvalue weighted by Gasteiger charge is 2.17. The normalized spacial score (nSPS) is 11.5. The highest BCUT2D eigenvalue weighted by atomic mass is 16.1. The molecule has 5 heteroatoms. The lowest BCUT2D eigenvalue weighted by atomic mass is 10.0. The summed E-state index contributed by atoms with van der Waals surface area (Å²) in [6.45, 7) is 5.71. The first-order valence-corrected chi connectivity index (χ1v) is 8.04. The van der Waals surface area contributed by atoms with E-state index in [0.29, 0.717) is 0 Å². The number of Topliss-reactive ketones (excluding diaryl/α,β-unsaturated/α-hetero) is 1. The fourth-order valence-electron chi connectivity index (χ4n) is 3.28. The van der Waals surface area contributed by atoms with Gasteiger partial charge < -0.3 is 4.98 Å². The van der Waals surface area contributed by atoms with Crippen molar-refractivity contribution in [1.29, 1.82) is 0 Å². The highest BCUT2D eigenvalue weighted by Crippen LogP contribution is 2.31. The van der Waals surface area contributed by atoms with Gasteiger partial charge in [-0.2, -0.15) is 0 Å². The minimum atomic E-state index is 0.0753. The molecule has 0 amide bonds. The van der Waals surface area contributed by atoms with E-state index in [0.717, 1.165) is 45.6 Å². The van der Waals surface area contributed by atoms with Crippen molar-refractivity contribution in [3.8, 4) is 11.3 Å². The van der Waals surface area contributed by atoms with Gasteiger partial charge in [-0.1, -0.05) is 31.2 Å². The molecule has 4 rings (SSSR count). The molecule has 5 nitrogen and oxygen atoms in total. The number of nitrogens with zero attached hydrogens (tertiary/aromatic N) is 3. The SMILES string of the molecule is CCc1c(-c2ccc(C(C)=O)cc2)[nH]c2nc(C)c3cncn3c12. The van der Waals surface area contributed by atoms with Crippen molar-refractivity contribution in [3.63, 3.8) is 0 Å². The number of hydrogen-bond acceptors (Lipinski definition) is 3. The van der Waals surface area contributed by atoms with E-state index < -0.39 is 0 Å². The number of carbonyl (C=O) groups is 1. The van der Waals surface area contributed by atoms with Crippen LogP contribution in [0.2, 0.25) is 0 Å². The van der Waals surface area contributed by atoms with Crippen molar-refractivity contribution in [2.75, 3.05) is 0 Å². The van der Waals surface area contributed by atoms with E-state index >= 15 is 0 Å². The Labute approximate surface area is 139 Å². The molecule has 3 heterocycles. The number of imidazole rings is 1. The molecule has 0 aliphatic rings. The molecule has 0 saturated carbocycles. The molecule has 1 aromatic carbocycles. The van der Waals surface area contributed by atoms with E-state index in [9.17, 15) is 4.79 Å². The predicted octanol–water partition coefficient (Wildman–Crippen LogP) is 3.95. The lowest BCUT2D eigenvalue weighted by Gasteiger charge is -2.05. The molecule has 120 valence electrons. The summed E-state index contributed by atoms with van der Waals surface area (Å²) in [4.78, 5) is 23.9. The van der Waals surface area contributed by atoms with Crippen LogP contribution in [0.3, 0.4) is 0 Å². The minimum Gasteiger partial charge on any atom is -0.338 e. The molecule has 0 unspecified atom stereocenters. The van der Waals surface area contributed by atoms with Crippen LogP contribution in [0.1, 0.15) is 35.5 Å². The number of aromatic amines is 1. The van der Waals surface area contributed by atoms with Crippen LogP contribution in [0.4, 0.5) is 0 Å². The largest absolute Gasteiger partial charge is 0.338 e. The van der Waals surface area contributed by atoms with Gasteiger partial charge >= 0.3 is 0 Å². The van der Waals surface area contributed by atoms with Gasteiger partial charge in [-0.3, -0.25) is 9.20 Å². The average Bonchev–Trinajstić information content (AvgIpc) is 3.19. The summed E-state index contributed by atoms with van der Waals surface area (Å²) in [6.07, 6.45) is 4.55. The smallest absolute Gasteiger partial charge is 0.159 e. The molecular formula is C19H18N4O. The van der Waals surface area contributed by atoms with Crippen LogP contribution in [-0.4, -0.2) is 25.1 Å². The van der Waals surface area contributed by atoms with Crippen LogP contribution in [0.5, 0.6) is 0 Å². The Kier molecular flexibility index (Phi) is 3.23. The van der Waals surface area contributed by atoms with E-state index in [1.54, 1.807) is 6.92 Å². The van der Waals surface area contributed by atoms with Gasteiger partial charge in [0, 0.05) is 11.1 Å². The second kappa shape index (κ2) is 5.30. The zero-order valence-corrected chi connectivity index (χ0v) is 13.9. The van der Waals surface area contributed by atoms with Gasteiger partial charge in [-0.05, 0) is 25.8 Å². The minimum absolute atomic E-state index is 0.0753. The second-order valence-electron chi connectivity index (χ2n) is 6.01. The highest BCUT2D eigenvalue weighted by molar-refractivity contribution is 5.95. The Hall–Kier alpha value is -2.95. The Morgan fingerprint density at radius 1 is 1.25 bits per heavy atom. The van der Waals surface area contributed by atoms with Gasteiger partial charge in [0.1, 0.15) is 0 Å². The van der Waals surface area contributed by atoms with Crippen LogP contribution in [-0.2, 0) is 6.42 Å². The van der Waals surface area contributed by atoms with Crippen molar-refractivity contribution in [2.24, 2.45) is 0 Å². The molecule has 0 fully saturated rings. The number of carbonyl (C=O) groups excluding carboxylic acids is 1. The van der Waals surface area contributed by atoms with Crippen molar-refractivity contribution in [3.05, 3.63) is 53.6 Å². The standard InChI is InChI=1S/C19H18N4O/c1-4-15-17(14-7-5-13(6-8-14)12(3)24)22-19-18(15)23-10-20-9-16(23)11(2)21-19/h5-10,22H,4H2,1-3H3. The number of aryl methyl sites for hydroxylation is 2. The molecule has 0 aliphatic heterocycles. The second-order valence-corrected chi connectivity index (χ2v) is 6.01. The molecule has 0 bridgehead atoms. The quantitative estimate of drug-likeness (QED) is 0.582. The van der Waals surface area contributed by atoms with Crippen LogP contribution >= 0.6 is 0 Å². The van der Waals surface area contributed by atoms with Gasteiger partial charge in [0.25, 0.3) is 0 Å². The molecule has 4 aromatic rings. The third-order valence-corrected chi connectivity index (χ3v) is 4.52. The summed E-state index contributed by atoms with van der Waals surface area (Å²) < 4.78 is 2.10. The first-order chi connectivity index (χ1) is 11.6. The number of H-pyrrole nitrogens is 1. The van der Waals surface area contributed by atoms with Gasteiger partial charge in [-0.25, -0.2) is 9.97 Å². The van der Waals surface area contributed by atoms with Gasteiger partial charge in [-0.15, -0.1) is 0 Å². The zero-order chi connectivity index (χ0) is 16.8. The van der Waals surface area contributed by atoms with E-state index in [4.69, 9.17) is 4.98 Å². The maximum Gasteiger partial charge on any atom is 0.159 e. The Balaban J connectivity index is 2.00. The molecule has 0 spiro atoms. The fraction of sp³-hybridized carbons (Fsp3) is 0.211. The summed E-state index contributed by atoms with van der Waals surface area (Å²) in [5.74, 6) is 0.0753. The lowest BCUT2D eigenvalue weighted by molar-refractivity contribution is 0.101. The van der Waals surface area contributed by atoms with E-state index in [1.165, 1.54) is 5.56 Å². The predicted molar refractivity (Wildman–Crippen MR) is 94.4 cm³/mol. The number of hydrogen-bond donors (Lipinski definition) is 1. The van der Waals surface area contributed by atoms with Crippen LogP contribution in [0.25, 0.3) is 27.9 Å². The van der Waals surface area contributed by atoms with Gasteiger partial charge in [0.05, 0.1) is 34.9 Å². The molecule has 1 N–H and O–H groups in total. The molecule has 0 atom stereocenters. The summed E-state index contributed by atoms with van der Waals surface area (Å²) in [5.41, 5.74) is 7.94. The van der Waals surface area contributed by atoms with Crippen molar-refractivity contribution in [2.45, 2.75) is 27.2 Å². The molecule has 0 saturated heterocycles. The number of rotatable bonds is 3. The number of fused-ring (bicyclic) bond motifs is 3. The molecule has 24 heavy (non-hydrogen) atoms. The summed E-state index contributed by atoms with van der Waals surface area (Å²) in [7, 11) is 0. The monoisotopic (exact) mass is 318 g/mol. The summed E-state index contributed by atoms with van der Waals surface area (Å²) in [6, 6.07) is 7.71. The van der Waals surface area contributed by atoms with Gasteiger partial charge in [0.2, 0.25) is 0 Å². The molecule has 0 aliphatic carbocycles. The maximum atomic E-state index is 11.5. The summed E-state index contributed by atoms with van der Waals surface area (Å²) in [5, 5.41) is 0. The molecule has 3 aromatic heterocycles. The third kappa shape index (κ3) is 2.05. The molecule has 0 radical (unpaired) electrons. The van der Waals surface area contributed by atoms with Crippen molar-refractivity contribution in [1.82, 2.24) is 19.4 Å². The van der Waals surface area contributed by atoms with Gasteiger partial charge in [0.15, 0.2) is 11.4 Å². The van der Waals surface area contributed by atoms with Crippen LogP contribution in [0, 0.1) is 6.92 Å². The Morgan fingerprint density at radius 3 is 2.67 bits per heavy atom. The van der Waals surface area contributed by atoms with E-state index in [-0.39, 0.29) is 5.78 Å². The first kappa shape index (κ1) is 14.6. The average molecular weight is 318 g/mol. The van der Waals surface area contributed by atoms with Crippen molar-refractivity contribution >= 4 is 22.5 Å². The molecular weight excluding hydrogens is 300 g/mol. The number of benzene rings is 1. The Bertz CT molecular complexity index is 1070. The van der Waals surface area contributed by atoms with Crippen molar-refractivity contribution < 1.29 is 4.79 Å². The Morgan fingerprint density at radius 2 is 2.00 bits per heavy atom. The third-order valence-electron chi connectivity index (χ3n) is 4.52. The van der Waals surface area contributed by atoms with Crippen LogP contribution < -0.4 is 0 Å². The number of ketones is 1. The topological polar surface area (TPSA) is 63.0 Å². The summed E-state index contributed by atoms with van der Waals surface area (Å²) >= 11 is 0. The van der Waals surface area contributed by atoms with E-state index in [1.807, 2.05) is 43.7 Å². The first-order valence-electron chi connectivity index (χ1n) is 8.04. The van der Waals surface area contributed by atoms with Crippen LogP contribution in [0.15, 0.2) is 36.8 Å². The number of aromatic nitrogens is 4. The lowest BCUT2D eigenvalue weighted by Crippen LogP contribution is -1.94. The zero-order valence-electron chi connectivity index (χ0n) is 13.9. The number of nitrogens with one attached hydrogen (secondary N) is 1. The van der Waals surface area contributed by atoms with E-state index in [2.05, 4.69) is 21.3 Å². The fourth-order valence-corrected chi connectivity index (χ4v) is 3.28.